The third-order valence-corrected chi connectivity index (χ3v) is 2.15. The fraction of sp³-hybridized carbons (Fsp3) is 0.167. The largest absolute Gasteiger partial charge is 0.449 e. The van der Waals surface area contributed by atoms with Crippen molar-refractivity contribution in [2.24, 2.45) is 0 Å². The SMILES string of the molecule is CCOC(=O)N(C=C(C#N)C#N)c1ccc(Cl)cn1. The smallest absolute Gasteiger partial charge is 0.419 e. The summed E-state index contributed by atoms with van der Waals surface area (Å²) in [5.41, 5.74) is -0.246. The predicted octanol–water partition coefficient (Wildman–Crippen LogP) is 2.63. The highest BCUT2D eigenvalue weighted by Gasteiger charge is 2.17. The van der Waals surface area contributed by atoms with Crippen molar-refractivity contribution in [1.82, 2.24) is 4.98 Å². The molecule has 0 saturated carbocycles. The number of hydrogen-bond donors (Lipinski definition) is 0. The number of anilines is 1. The van der Waals surface area contributed by atoms with Gasteiger partial charge < -0.3 is 4.74 Å². The molecule has 19 heavy (non-hydrogen) atoms. The normalized spacial score (nSPS) is 8.84. The van der Waals surface area contributed by atoms with E-state index in [1.807, 2.05) is 0 Å². The van der Waals surface area contributed by atoms with Crippen LogP contribution in [0.5, 0.6) is 0 Å². The van der Waals surface area contributed by atoms with Crippen molar-refractivity contribution < 1.29 is 9.53 Å². The van der Waals surface area contributed by atoms with Crippen LogP contribution >= 0.6 is 11.6 Å². The van der Waals surface area contributed by atoms with Gasteiger partial charge in [-0.2, -0.15) is 10.5 Å². The zero-order valence-corrected chi connectivity index (χ0v) is 10.8. The standard InChI is InChI=1S/C12H9ClN4O2/c1-2-19-12(18)17(8-9(5-14)6-15)11-4-3-10(13)7-16-11/h3-4,7-8H,2H2,1H3. The molecule has 1 heterocycles. The van der Waals surface area contributed by atoms with Gasteiger partial charge in [0.2, 0.25) is 0 Å². The Labute approximate surface area is 115 Å². The molecule has 0 unspecified atom stereocenters. The maximum absolute atomic E-state index is 11.8. The van der Waals surface area contributed by atoms with Crippen LogP contribution in [0.25, 0.3) is 0 Å². The van der Waals surface area contributed by atoms with E-state index in [-0.39, 0.29) is 18.0 Å². The van der Waals surface area contributed by atoms with Crippen LogP contribution in [0.3, 0.4) is 0 Å². The van der Waals surface area contributed by atoms with Gasteiger partial charge in [0.25, 0.3) is 0 Å². The molecule has 0 saturated heterocycles. The zero-order chi connectivity index (χ0) is 14.3. The van der Waals surface area contributed by atoms with Crippen molar-refractivity contribution >= 4 is 23.5 Å². The van der Waals surface area contributed by atoms with Crippen LogP contribution < -0.4 is 4.90 Å². The van der Waals surface area contributed by atoms with Crippen LogP contribution in [-0.4, -0.2) is 17.7 Å². The number of nitrogens with zero attached hydrogens (tertiary/aromatic N) is 4. The molecule has 0 spiro atoms. The minimum Gasteiger partial charge on any atom is -0.449 e. The topological polar surface area (TPSA) is 90.0 Å². The number of hydrogen-bond acceptors (Lipinski definition) is 5. The molecule has 0 bridgehead atoms. The Morgan fingerprint density at radius 1 is 1.53 bits per heavy atom. The number of nitriles is 2. The van der Waals surface area contributed by atoms with Crippen molar-refractivity contribution in [3.05, 3.63) is 35.1 Å². The summed E-state index contributed by atoms with van der Waals surface area (Å²) >= 11 is 5.70. The van der Waals surface area contributed by atoms with E-state index in [2.05, 4.69) is 4.98 Å². The van der Waals surface area contributed by atoms with Crippen molar-refractivity contribution in [3.63, 3.8) is 0 Å². The van der Waals surface area contributed by atoms with Gasteiger partial charge >= 0.3 is 6.09 Å². The minimum absolute atomic E-state index is 0.158. The summed E-state index contributed by atoms with van der Waals surface area (Å²) in [5.74, 6) is 0.200. The Morgan fingerprint density at radius 2 is 2.21 bits per heavy atom. The molecule has 1 aromatic heterocycles. The maximum atomic E-state index is 11.8. The Hall–Kier alpha value is -2.57. The van der Waals surface area contributed by atoms with Gasteiger partial charge in [-0.05, 0) is 19.1 Å². The van der Waals surface area contributed by atoms with E-state index in [4.69, 9.17) is 26.9 Å². The third kappa shape index (κ3) is 3.98. The van der Waals surface area contributed by atoms with Crippen molar-refractivity contribution in [2.75, 3.05) is 11.5 Å². The molecule has 1 rings (SSSR count). The van der Waals surface area contributed by atoms with Gasteiger partial charge in [0, 0.05) is 12.4 Å². The molecular formula is C12H9ClN4O2. The van der Waals surface area contributed by atoms with Gasteiger partial charge in [-0.25, -0.2) is 14.7 Å². The van der Waals surface area contributed by atoms with Crippen LogP contribution in [0.2, 0.25) is 5.02 Å². The highest BCUT2D eigenvalue weighted by Crippen LogP contribution is 2.16. The monoisotopic (exact) mass is 276 g/mol. The second-order valence-corrected chi connectivity index (χ2v) is 3.61. The molecule has 0 aliphatic carbocycles. The predicted molar refractivity (Wildman–Crippen MR) is 68.1 cm³/mol. The number of carbonyl (C=O) groups is 1. The van der Waals surface area contributed by atoms with Gasteiger partial charge in [-0.1, -0.05) is 11.6 Å². The molecule has 0 fully saturated rings. The molecule has 7 heteroatoms. The minimum atomic E-state index is -0.736. The van der Waals surface area contributed by atoms with Gasteiger partial charge in [0.05, 0.1) is 11.6 Å². The van der Waals surface area contributed by atoms with E-state index in [9.17, 15) is 4.79 Å². The summed E-state index contributed by atoms with van der Waals surface area (Å²) in [6.07, 6.45) is 1.67. The number of aromatic nitrogens is 1. The zero-order valence-electron chi connectivity index (χ0n) is 10.00. The lowest BCUT2D eigenvalue weighted by atomic mass is 10.3. The number of allylic oxidation sites excluding steroid dienone is 1. The first-order valence-corrected chi connectivity index (χ1v) is 5.59. The molecule has 1 aromatic rings. The number of amides is 1. The summed E-state index contributed by atoms with van der Waals surface area (Å²) in [6.45, 7) is 1.80. The van der Waals surface area contributed by atoms with Crippen LogP contribution in [0.4, 0.5) is 10.6 Å². The van der Waals surface area contributed by atoms with Crippen LogP contribution in [0.15, 0.2) is 30.1 Å². The quantitative estimate of drug-likeness (QED) is 0.792. The summed E-state index contributed by atoms with van der Waals surface area (Å²) < 4.78 is 4.83. The fourth-order valence-corrected chi connectivity index (χ4v) is 1.24. The second-order valence-electron chi connectivity index (χ2n) is 3.17. The number of pyridine rings is 1. The van der Waals surface area contributed by atoms with Gasteiger partial charge in [0.1, 0.15) is 23.5 Å². The Kier molecular flexibility index (Phi) is 5.34. The molecular weight excluding hydrogens is 268 g/mol. The molecule has 96 valence electrons. The van der Waals surface area contributed by atoms with E-state index < -0.39 is 6.09 Å². The number of halogens is 1. The third-order valence-electron chi connectivity index (χ3n) is 1.92. The molecule has 0 atom stereocenters. The molecule has 0 aromatic carbocycles. The van der Waals surface area contributed by atoms with Crippen LogP contribution in [-0.2, 0) is 4.74 Å². The Balaban J connectivity index is 3.17. The Bertz CT molecular complexity index is 553. The van der Waals surface area contributed by atoms with Crippen LogP contribution in [0.1, 0.15) is 6.92 Å². The van der Waals surface area contributed by atoms with E-state index in [1.54, 1.807) is 19.1 Å². The first-order chi connectivity index (χ1) is 9.12. The molecule has 1 amide bonds. The molecule has 0 N–H and O–H groups in total. The van der Waals surface area contributed by atoms with E-state index in [1.165, 1.54) is 18.3 Å². The van der Waals surface area contributed by atoms with Crippen molar-refractivity contribution in [1.29, 1.82) is 10.5 Å². The lowest BCUT2D eigenvalue weighted by molar-refractivity contribution is 0.162. The number of ether oxygens (including phenoxy) is 1. The van der Waals surface area contributed by atoms with Crippen LogP contribution in [0, 0.1) is 22.7 Å². The average Bonchev–Trinajstić information content (AvgIpc) is 2.42. The van der Waals surface area contributed by atoms with Gasteiger partial charge in [0.15, 0.2) is 0 Å². The molecule has 0 aliphatic heterocycles. The van der Waals surface area contributed by atoms with Crippen molar-refractivity contribution in [3.8, 4) is 12.1 Å². The number of carbonyl (C=O) groups excluding carboxylic acids is 1. The summed E-state index contributed by atoms with van der Waals surface area (Å²) in [5, 5.41) is 17.8. The van der Waals surface area contributed by atoms with Crippen molar-refractivity contribution in [2.45, 2.75) is 6.92 Å². The van der Waals surface area contributed by atoms with Gasteiger partial charge in [-0.15, -0.1) is 0 Å². The summed E-state index contributed by atoms with van der Waals surface area (Å²) in [4.78, 5) is 16.7. The summed E-state index contributed by atoms with van der Waals surface area (Å²) in [6, 6.07) is 6.32. The van der Waals surface area contributed by atoms with E-state index in [0.29, 0.717) is 5.02 Å². The molecule has 0 aliphatic rings. The lowest BCUT2D eigenvalue weighted by Crippen LogP contribution is -2.27. The van der Waals surface area contributed by atoms with E-state index in [0.717, 1.165) is 11.1 Å². The summed E-state index contributed by atoms with van der Waals surface area (Å²) in [7, 11) is 0. The fourth-order valence-electron chi connectivity index (χ4n) is 1.13. The Morgan fingerprint density at radius 3 is 2.68 bits per heavy atom. The van der Waals surface area contributed by atoms with Gasteiger partial charge in [-0.3, -0.25) is 0 Å². The lowest BCUT2D eigenvalue weighted by Gasteiger charge is -2.16. The first kappa shape index (κ1) is 14.5. The number of rotatable bonds is 3. The second kappa shape index (κ2) is 7.00. The first-order valence-electron chi connectivity index (χ1n) is 5.22. The average molecular weight is 277 g/mol. The molecule has 6 nitrogen and oxygen atoms in total. The maximum Gasteiger partial charge on any atom is 0.419 e. The highest BCUT2D eigenvalue weighted by molar-refractivity contribution is 6.30. The molecule has 0 radical (unpaired) electrons. The van der Waals surface area contributed by atoms with E-state index >= 15 is 0 Å². The highest BCUT2D eigenvalue weighted by atomic mass is 35.5.